The molecule has 2 aliphatic rings. The second-order valence-electron chi connectivity index (χ2n) is 9.90. The Bertz CT molecular complexity index is 946. The van der Waals surface area contributed by atoms with Crippen molar-refractivity contribution in [2.75, 3.05) is 43.9 Å². The maximum absolute atomic E-state index is 15.3. The zero-order valence-corrected chi connectivity index (χ0v) is 18.3. The molecule has 0 saturated carbocycles. The Kier molecular flexibility index (Phi) is 5.17. The monoisotopic (exact) mass is 415 g/mol. The lowest BCUT2D eigenvalue weighted by Crippen LogP contribution is -2.47. The van der Waals surface area contributed by atoms with Crippen LogP contribution in [0.1, 0.15) is 39.2 Å². The van der Waals surface area contributed by atoms with Gasteiger partial charge in [0, 0.05) is 41.5 Å². The number of benzene rings is 2. The number of rotatable bonds is 3. The van der Waals surface area contributed by atoms with Gasteiger partial charge in [0.25, 0.3) is 0 Å². The van der Waals surface area contributed by atoms with Crippen LogP contribution in [0.5, 0.6) is 5.75 Å². The highest BCUT2D eigenvalue weighted by molar-refractivity contribution is 5.80. The largest absolute Gasteiger partial charge is 0.492 e. The average molecular weight is 416 g/mol. The minimum absolute atomic E-state index is 0.0998. The van der Waals surface area contributed by atoms with E-state index in [1.807, 2.05) is 29.2 Å². The minimum Gasteiger partial charge on any atom is -0.492 e. The zero-order chi connectivity index (χ0) is 21.7. The summed E-state index contributed by atoms with van der Waals surface area (Å²) >= 11 is 0. The van der Waals surface area contributed by atoms with Gasteiger partial charge in [0.15, 0.2) is 11.6 Å². The summed E-state index contributed by atoms with van der Waals surface area (Å²) in [4.78, 5) is 4.43. The van der Waals surface area contributed by atoms with Gasteiger partial charge in [0.2, 0.25) is 0 Å². The third kappa shape index (κ3) is 3.62. The van der Waals surface area contributed by atoms with Gasteiger partial charge in [-0.15, -0.1) is 0 Å². The first kappa shape index (κ1) is 20.9. The van der Waals surface area contributed by atoms with Gasteiger partial charge in [0.1, 0.15) is 5.82 Å². The SMILES string of the molecule is COc1c(F)cc(F)c2c1N(c1cccc(N)c1)CC21CCN(CC(C)(C)C)CC1. The molecule has 4 nitrogen and oxygen atoms in total. The van der Waals surface area contributed by atoms with Crippen LogP contribution in [-0.4, -0.2) is 38.2 Å². The fourth-order valence-electron chi connectivity index (χ4n) is 5.14. The molecule has 30 heavy (non-hydrogen) atoms. The molecule has 6 heteroatoms. The van der Waals surface area contributed by atoms with Crippen molar-refractivity contribution >= 4 is 17.1 Å². The number of halogens is 2. The molecule has 0 unspecified atom stereocenters. The van der Waals surface area contributed by atoms with Gasteiger partial charge in [-0.1, -0.05) is 26.8 Å². The molecule has 0 aliphatic carbocycles. The maximum atomic E-state index is 15.3. The Balaban J connectivity index is 1.78. The van der Waals surface area contributed by atoms with Crippen LogP contribution in [0.4, 0.5) is 25.8 Å². The molecule has 0 aromatic heterocycles. The van der Waals surface area contributed by atoms with Gasteiger partial charge < -0.3 is 20.3 Å². The molecule has 2 aromatic carbocycles. The number of methoxy groups -OCH3 is 1. The Labute approximate surface area is 177 Å². The quantitative estimate of drug-likeness (QED) is 0.710. The van der Waals surface area contributed by atoms with Gasteiger partial charge in [-0.05, 0) is 49.5 Å². The number of hydrogen-bond donors (Lipinski definition) is 1. The van der Waals surface area contributed by atoms with E-state index in [-0.39, 0.29) is 16.6 Å². The van der Waals surface area contributed by atoms with E-state index in [0.29, 0.717) is 23.5 Å². The zero-order valence-electron chi connectivity index (χ0n) is 18.3. The molecule has 2 N–H and O–H groups in total. The number of likely N-dealkylation sites (tertiary alicyclic amines) is 1. The van der Waals surface area contributed by atoms with Crippen LogP contribution in [-0.2, 0) is 5.41 Å². The molecule has 4 rings (SSSR count). The fourth-order valence-corrected chi connectivity index (χ4v) is 5.14. The number of nitrogen functional groups attached to an aromatic ring is 1. The van der Waals surface area contributed by atoms with Crippen LogP contribution in [0, 0.1) is 17.0 Å². The third-order valence-corrected chi connectivity index (χ3v) is 6.32. The Morgan fingerprint density at radius 1 is 1.10 bits per heavy atom. The first-order valence-corrected chi connectivity index (χ1v) is 10.6. The lowest BCUT2D eigenvalue weighted by Gasteiger charge is -2.42. The van der Waals surface area contributed by atoms with Crippen molar-refractivity contribution in [3.05, 3.63) is 47.5 Å². The summed E-state index contributed by atoms with van der Waals surface area (Å²) in [7, 11) is 1.44. The highest BCUT2D eigenvalue weighted by atomic mass is 19.1. The first-order chi connectivity index (χ1) is 14.1. The maximum Gasteiger partial charge on any atom is 0.178 e. The van der Waals surface area contributed by atoms with Crippen LogP contribution in [0.2, 0.25) is 0 Å². The van der Waals surface area contributed by atoms with E-state index < -0.39 is 11.6 Å². The minimum atomic E-state index is -0.676. The fraction of sp³-hybridized carbons (Fsp3) is 0.500. The Morgan fingerprint density at radius 3 is 2.40 bits per heavy atom. The van der Waals surface area contributed by atoms with Crippen LogP contribution < -0.4 is 15.4 Å². The van der Waals surface area contributed by atoms with Gasteiger partial charge >= 0.3 is 0 Å². The molecule has 2 heterocycles. The highest BCUT2D eigenvalue weighted by Gasteiger charge is 2.49. The summed E-state index contributed by atoms with van der Waals surface area (Å²) in [5.74, 6) is -1.06. The molecule has 1 fully saturated rings. The third-order valence-electron chi connectivity index (χ3n) is 6.32. The molecular formula is C24H31F2N3O. The van der Waals surface area contributed by atoms with Gasteiger partial charge in [-0.25, -0.2) is 8.78 Å². The lowest BCUT2D eigenvalue weighted by molar-refractivity contribution is 0.124. The van der Waals surface area contributed by atoms with E-state index in [0.717, 1.165) is 44.2 Å². The molecule has 0 bridgehead atoms. The lowest BCUT2D eigenvalue weighted by atomic mass is 9.73. The molecule has 2 aliphatic heterocycles. The van der Waals surface area contributed by atoms with Gasteiger partial charge in [0.05, 0.1) is 12.8 Å². The molecule has 0 atom stereocenters. The van der Waals surface area contributed by atoms with Crippen molar-refractivity contribution in [2.45, 2.75) is 39.0 Å². The Hall–Kier alpha value is -2.34. The molecule has 1 saturated heterocycles. The standard InChI is InChI=1S/C24H31F2N3O/c1-23(2,3)14-28-10-8-24(9-11-28)15-29(17-7-5-6-16(27)12-17)21-20(24)18(25)13-19(26)22(21)30-4/h5-7,12-13H,8-11,14-15,27H2,1-4H3. The van der Waals surface area contributed by atoms with Crippen LogP contribution in [0.25, 0.3) is 0 Å². The number of hydrogen-bond acceptors (Lipinski definition) is 4. The molecular weight excluding hydrogens is 384 g/mol. The molecule has 2 aromatic rings. The number of piperidine rings is 1. The highest BCUT2D eigenvalue weighted by Crippen LogP contribution is 2.55. The van der Waals surface area contributed by atoms with Gasteiger partial charge in [-0.2, -0.15) is 0 Å². The number of ether oxygens (including phenoxy) is 1. The normalized spacial score (nSPS) is 18.7. The van der Waals surface area contributed by atoms with Crippen molar-refractivity contribution < 1.29 is 13.5 Å². The summed E-state index contributed by atoms with van der Waals surface area (Å²) in [5.41, 5.74) is 8.38. The van der Waals surface area contributed by atoms with Crippen molar-refractivity contribution in [1.29, 1.82) is 0 Å². The number of anilines is 3. The average Bonchev–Trinajstić information content (AvgIpc) is 2.98. The van der Waals surface area contributed by atoms with Crippen molar-refractivity contribution in [3.63, 3.8) is 0 Å². The topological polar surface area (TPSA) is 41.7 Å². The van der Waals surface area contributed by atoms with E-state index in [4.69, 9.17) is 10.5 Å². The predicted molar refractivity (Wildman–Crippen MR) is 118 cm³/mol. The number of nitrogens with zero attached hydrogens (tertiary/aromatic N) is 2. The smallest absolute Gasteiger partial charge is 0.178 e. The molecule has 0 amide bonds. The molecule has 1 spiro atoms. The van der Waals surface area contributed by atoms with Gasteiger partial charge in [-0.3, -0.25) is 0 Å². The van der Waals surface area contributed by atoms with Crippen LogP contribution >= 0.6 is 0 Å². The van der Waals surface area contributed by atoms with E-state index in [2.05, 4.69) is 25.7 Å². The summed E-state index contributed by atoms with van der Waals surface area (Å²) < 4.78 is 35.3. The number of fused-ring (bicyclic) bond motifs is 2. The second kappa shape index (κ2) is 7.41. The van der Waals surface area contributed by atoms with E-state index in [1.165, 1.54) is 7.11 Å². The van der Waals surface area contributed by atoms with Crippen molar-refractivity contribution in [2.24, 2.45) is 5.41 Å². The van der Waals surface area contributed by atoms with Crippen LogP contribution in [0.15, 0.2) is 30.3 Å². The van der Waals surface area contributed by atoms with E-state index in [9.17, 15) is 4.39 Å². The number of nitrogens with two attached hydrogens (primary N) is 1. The molecule has 0 radical (unpaired) electrons. The van der Waals surface area contributed by atoms with Crippen molar-refractivity contribution in [3.8, 4) is 5.75 Å². The molecule has 162 valence electrons. The van der Waals surface area contributed by atoms with Crippen molar-refractivity contribution in [1.82, 2.24) is 4.90 Å². The summed E-state index contributed by atoms with van der Waals surface area (Å²) in [6.07, 6.45) is 1.64. The summed E-state index contributed by atoms with van der Waals surface area (Å²) in [5, 5.41) is 0. The summed E-state index contributed by atoms with van der Waals surface area (Å²) in [6.45, 7) is 10.1. The van der Waals surface area contributed by atoms with E-state index in [1.54, 1.807) is 0 Å². The van der Waals surface area contributed by atoms with Crippen LogP contribution in [0.3, 0.4) is 0 Å². The second-order valence-corrected chi connectivity index (χ2v) is 9.90. The summed E-state index contributed by atoms with van der Waals surface area (Å²) in [6, 6.07) is 8.42. The van der Waals surface area contributed by atoms with E-state index >= 15 is 4.39 Å². The predicted octanol–water partition coefficient (Wildman–Crippen LogP) is 5.09. The first-order valence-electron chi connectivity index (χ1n) is 10.6. The Morgan fingerprint density at radius 2 is 1.80 bits per heavy atom.